The van der Waals surface area contributed by atoms with Crippen molar-refractivity contribution in [3.05, 3.63) is 76.9 Å². The molecule has 0 amide bonds. The van der Waals surface area contributed by atoms with Crippen LogP contribution in [0.4, 0.5) is 13.2 Å². The van der Waals surface area contributed by atoms with Crippen molar-refractivity contribution in [3.63, 3.8) is 0 Å². The van der Waals surface area contributed by atoms with E-state index in [1.165, 1.54) is 13.2 Å². The molecule has 1 heterocycles. The molecule has 224 valence electrons. The number of methoxy groups -OCH3 is 1. The first kappa shape index (κ1) is 29.8. The van der Waals surface area contributed by atoms with Gasteiger partial charge in [-0.1, -0.05) is 24.3 Å². The highest BCUT2D eigenvalue weighted by Gasteiger charge is 2.38. The van der Waals surface area contributed by atoms with Gasteiger partial charge in [-0.05, 0) is 65.8 Å². The molecule has 11 heteroatoms. The maximum absolute atomic E-state index is 14.1. The van der Waals surface area contributed by atoms with Crippen molar-refractivity contribution in [2.24, 2.45) is 0 Å². The van der Waals surface area contributed by atoms with Crippen LogP contribution in [0.3, 0.4) is 0 Å². The van der Waals surface area contributed by atoms with Gasteiger partial charge in [-0.2, -0.15) is 13.2 Å². The molecule has 3 aromatic rings. The van der Waals surface area contributed by atoms with Crippen molar-refractivity contribution in [3.8, 4) is 28.4 Å². The first-order chi connectivity index (χ1) is 19.9. The van der Waals surface area contributed by atoms with Gasteiger partial charge in [0.2, 0.25) is 0 Å². The summed E-state index contributed by atoms with van der Waals surface area (Å²) >= 11 is 0. The lowest BCUT2D eigenvalue weighted by Gasteiger charge is -2.20. The summed E-state index contributed by atoms with van der Waals surface area (Å²) in [6.45, 7) is 0.536. The van der Waals surface area contributed by atoms with Crippen LogP contribution >= 0.6 is 0 Å². The minimum absolute atomic E-state index is 0.00614. The third-order valence-corrected chi connectivity index (χ3v) is 8.54. The summed E-state index contributed by atoms with van der Waals surface area (Å²) in [7, 11) is -1.76. The number of benzene rings is 3. The molecule has 1 aliphatic carbocycles. The fraction of sp³-hybridized carbons (Fsp3) is 0.387. The van der Waals surface area contributed by atoms with Crippen molar-refractivity contribution in [1.29, 1.82) is 0 Å². The van der Waals surface area contributed by atoms with Crippen molar-refractivity contribution >= 4 is 15.8 Å². The van der Waals surface area contributed by atoms with Gasteiger partial charge in [0, 0.05) is 23.8 Å². The highest BCUT2D eigenvalue weighted by Crippen LogP contribution is 2.47. The van der Waals surface area contributed by atoms with E-state index < -0.39 is 27.7 Å². The maximum atomic E-state index is 14.1. The average Bonchev–Trinajstić information content (AvgIpc) is 3.53. The van der Waals surface area contributed by atoms with Crippen molar-refractivity contribution in [2.75, 3.05) is 32.3 Å². The standard InChI is InChI=1S/C31H31F3O7S/c1-38-29(35)16-20-18-40-28-17-22(8-9-23(20)28)41-27-13-11-25-24(27)10-12-26(31(32,33)34)30(25)19-4-6-21(7-5-19)39-14-3-15-42(2,36)37/h4-10,12,17,20,27H,3,11,13-16,18H2,1-2H3/t20?,27-/m1/s1. The van der Waals surface area contributed by atoms with Crippen LogP contribution in [0, 0.1) is 0 Å². The molecule has 0 saturated heterocycles. The van der Waals surface area contributed by atoms with Gasteiger partial charge in [-0.15, -0.1) is 0 Å². The Hall–Kier alpha value is -3.73. The van der Waals surface area contributed by atoms with E-state index in [-0.39, 0.29) is 36.2 Å². The van der Waals surface area contributed by atoms with Crippen LogP contribution in [-0.4, -0.2) is 46.7 Å². The molecule has 3 aromatic carbocycles. The smallest absolute Gasteiger partial charge is 0.417 e. The number of halogens is 3. The van der Waals surface area contributed by atoms with Gasteiger partial charge < -0.3 is 18.9 Å². The first-order valence-corrected chi connectivity index (χ1v) is 15.6. The molecule has 1 aliphatic heterocycles. The number of carbonyl (C=O) groups is 1. The number of alkyl halides is 3. The minimum atomic E-state index is -4.55. The Labute approximate surface area is 242 Å². The van der Waals surface area contributed by atoms with Crippen LogP contribution in [0.25, 0.3) is 11.1 Å². The fourth-order valence-electron chi connectivity index (χ4n) is 5.53. The Morgan fingerprint density at radius 3 is 2.43 bits per heavy atom. The number of carbonyl (C=O) groups excluding carboxylic acids is 1. The Bertz CT molecular complexity index is 1570. The highest BCUT2D eigenvalue weighted by molar-refractivity contribution is 7.90. The van der Waals surface area contributed by atoms with Crippen LogP contribution in [-0.2, 0) is 32.0 Å². The maximum Gasteiger partial charge on any atom is 0.417 e. The Kier molecular flexibility index (Phi) is 8.41. The summed E-state index contributed by atoms with van der Waals surface area (Å²) in [5.74, 6) is 1.16. The minimum Gasteiger partial charge on any atom is -0.494 e. The molecule has 1 unspecified atom stereocenters. The van der Waals surface area contributed by atoms with Crippen LogP contribution in [0.1, 0.15) is 53.5 Å². The Morgan fingerprint density at radius 1 is 1.02 bits per heavy atom. The van der Waals surface area contributed by atoms with Crippen LogP contribution in [0.15, 0.2) is 54.6 Å². The summed E-state index contributed by atoms with van der Waals surface area (Å²) in [4.78, 5) is 11.7. The van der Waals surface area contributed by atoms with Gasteiger partial charge in [0.15, 0.2) is 0 Å². The quantitative estimate of drug-likeness (QED) is 0.199. The molecule has 0 aromatic heterocycles. The van der Waals surface area contributed by atoms with E-state index in [2.05, 4.69) is 0 Å². The molecule has 0 N–H and O–H groups in total. The third-order valence-electron chi connectivity index (χ3n) is 7.51. The molecule has 42 heavy (non-hydrogen) atoms. The highest BCUT2D eigenvalue weighted by atomic mass is 32.2. The zero-order chi connectivity index (χ0) is 30.1. The SMILES string of the molecule is COC(=O)CC1COc2cc(O[C@@H]3CCc4c3ccc(C(F)(F)F)c4-c3ccc(OCCCS(C)(=O)=O)cc3)ccc21. The van der Waals surface area contributed by atoms with E-state index in [0.29, 0.717) is 59.8 Å². The normalized spacial score (nSPS) is 17.7. The lowest BCUT2D eigenvalue weighted by atomic mass is 9.91. The van der Waals surface area contributed by atoms with Gasteiger partial charge in [0.1, 0.15) is 33.2 Å². The Balaban J connectivity index is 1.36. The molecule has 0 fully saturated rings. The van der Waals surface area contributed by atoms with E-state index in [9.17, 15) is 26.4 Å². The van der Waals surface area contributed by atoms with Gasteiger partial charge in [0.05, 0.1) is 38.1 Å². The van der Waals surface area contributed by atoms with E-state index in [4.69, 9.17) is 18.9 Å². The topological polar surface area (TPSA) is 88.1 Å². The van der Waals surface area contributed by atoms with Crippen molar-refractivity contribution in [1.82, 2.24) is 0 Å². The molecule has 5 rings (SSSR count). The van der Waals surface area contributed by atoms with Crippen LogP contribution in [0.5, 0.6) is 17.2 Å². The average molecular weight is 605 g/mol. The van der Waals surface area contributed by atoms with Gasteiger partial charge in [-0.3, -0.25) is 4.79 Å². The molecule has 0 saturated carbocycles. The second-order valence-electron chi connectivity index (χ2n) is 10.5. The number of esters is 1. The fourth-order valence-corrected chi connectivity index (χ4v) is 6.17. The van der Waals surface area contributed by atoms with E-state index in [1.807, 2.05) is 6.07 Å². The van der Waals surface area contributed by atoms with Crippen LogP contribution in [0.2, 0.25) is 0 Å². The number of ether oxygens (including phenoxy) is 4. The summed E-state index contributed by atoms with van der Waals surface area (Å²) in [5, 5.41) is 0. The lowest BCUT2D eigenvalue weighted by Crippen LogP contribution is -2.10. The number of rotatable bonds is 10. The van der Waals surface area contributed by atoms with Crippen molar-refractivity contribution in [2.45, 2.75) is 43.9 Å². The molecule has 0 bridgehead atoms. The number of hydrogen-bond donors (Lipinski definition) is 0. The molecule has 2 aliphatic rings. The monoisotopic (exact) mass is 604 g/mol. The molecule has 0 radical (unpaired) electrons. The number of sulfone groups is 1. The molecule has 7 nitrogen and oxygen atoms in total. The Morgan fingerprint density at radius 2 is 1.74 bits per heavy atom. The second kappa shape index (κ2) is 11.9. The summed E-state index contributed by atoms with van der Waals surface area (Å²) in [6.07, 6.45) is -2.40. The predicted octanol–water partition coefficient (Wildman–Crippen LogP) is 6.29. The third kappa shape index (κ3) is 6.67. The van der Waals surface area contributed by atoms with E-state index in [0.717, 1.165) is 17.9 Å². The summed E-state index contributed by atoms with van der Waals surface area (Å²) in [6, 6.07) is 14.4. The van der Waals surface area contributed by atoms with Gasteiger partial charge in [-0.25, -0.2) is 8.42 Å². The first-order valence-electron chi connectivity index (χ1n) is 13.6. The molecule has 0 spiro atoms. The summed E-state index contributed by atoms with van der Waals surface area (Å²) in [5.41, 5.74) is 1.99. The van der Waals surface area contributed by atoms with E-state index in [1.54, 1.807) is 36.4 Å². The molecular weight excluding hydrogens is 573 g/mol. The second-order valence-corrected chi connectivity index (χ2v) is 12.8. The zero-order valence-electron chi connectivity index (χ0n) is 23.2. The van der Waals surface area contributed by atoms with Gasteiger partial charge >= 0.3 is 12.1 Å². The lowest BCUT2D eigenvalue weighted by molar-refractivity contribution is -0.141. The molecule has 2 atom stereocenters. The number of fused-ring (bicyclic) bond motifs is 2. The van der Waals surface area contributed by atoms with Crippen LogP contribution < -0.4 is 14.2 Å². The zero-order valence-corrected chi connectivity index (χ0v) is 24.0. The molecular formula is C31H31F3O7S. The van der Waals surface area contributed by atoms with E-state index >= 15 is 0 Å². The predicted molar refractivity (Wildman–Crippen MR) is 150 cm³/mol. The van der Waals surface area contributed by atoms with Crippen molar-refractivity contribution < 1.29 is 45.3 Å². The van der Waals surface area contributed by atoms with Gasteiger partial charge in [0.25, 0.3) is 0 Å². The summed E-state index contributed by atoms with van der Waals surface area (Å²) < 4.78 is 87.4. The number of hydrogen-bond acceptors (Lipinski definition) is 7. The largest absolute Gasteiger partial charge is 0.494 e.